The van der Waals surface area contributed by atoms with Gasteiger partial charge in [0.2, 0.25) is 0 Å². The fraction of sp³-hybridized carbons (Fsp3) is 0.333. The predicted molar refractivity (Wildman–Crippen MR) is 95.8 cm³/mol. The molecule has 1 unspecified atom stereocenters. The summed E-state index contributed by atoms with van der Waals surface area (Å²) >= 11 is 7.19. The number of rotatable bonds is 4. The van der Waals surface area contributed by atoms with Gasteiger partial charge < -0.3 is 5.32 Å². The van der Waals surface area contributed by atoms with Gasteiger partial charge in [-0.2, -0.15) is 0 Å². The molecule has 0 heterocycles. The number of halogens is 2. The van der Waals surface area contributed by atoms with Gasteiger partial charge in [-0.3, -0.25) is 0 Å². The van der Waals surface area contributed by atoms with E-state index in [1.54, 1.807) is 0 Å². The zero-order chi connectivity index (χ0) is 14.8. The van der Waals surface area contributed by atoms with Gasteiger partial charge in [-0.15, -0.1) is 0 Å². The first-order valence-corrected chi connectivity index (χ1v) is 9.07. The summed E-state index contributed by atoms with van der Waals surface area (Å²) in [5.41, 5.74) is 5.72. The van der Waals surface area contributed by atoms with Crippen molar-refractivity contribution in [2.24, 2.45) is 0 Å². The Morgan fingerprint density at radius 1 is 0.952 bits per heavy atom. The van der Waals surface area contributed by atoms with E-state index in [0.717, 1.165) is 15.5 Å². The maximum atomic E-state index is 3.62. The van der Waals surface area contributed by atoms with Crippen molar-refractivity contribution in [3.05, 3.63) is 67.6 Å². The third-order valence-electron chi connectivity index (χ3n) is 4.08. The lowest BCUT2D eigenvalue weighted by molar-refractivity contribution is 0.629. The molecule has 0 saturated carbocycles. The molecule has 2 aromatic carbocycles. The summed E-state index contributed by atoms with van der Waals surface area (Å²) in [7, 11) is 0. The maximum absolute atomic E-state index is 3.62. The molecule has 110 valence electrons. The monoisotopic (exact) mass is 407 g/mol. The zero-order valence-electron chi connectivity index (χ0n) is 12.1. The topological polar surface area (TPSA) is 12.0 Å². The zero-order valence-corrected chi connectivity index (χ0v) is 15.3. The minimum Gasteiger partial charge on any atom is -0.307 e. The van der Waals surface area contributed by atoms with Crippen LogP contribution in [-0.4, -0.2) is 6.54 Å². The van der Waals surface area contributed by atoms with Gasteiger partial charge >= 0.3 is 0 Å². The first-order valence-electron chi connectivity index (χ1n) is 7.48. The number of aryl methyl sites for hydroxylation is 2. The van der Waals surface area contributed by atoms with Gasteiger partial charge in [0.25, 0.3) is 0 Å². The van der Waals surface area contributed by atoms with Crippen LogP contribution in [0.2, 0.25) is 0 Å². The standard InChI is InChI=1S/C18H19Br2N/c1-2-21-18(15-9-16(19)11-17(20)10-15)14-7-6-12-4-3-5-13(12)8-14/h6-11,18,21H,2-5H2,1H3. The first-order chi connectivity index (χ1) is 10.2. The maximum Gasteiger partial charge on any atom is 0.0577 e. The van der Waals surface area contributed by atoms with Gasteiger partial charge in [0.15, 0.2) is 0 Å². The predicted octanol–water partition coefficient (Wildman–Crippen LogP) is 5.40. The Hall–Kier alpha value is -0.640. The summed E-state index contributed by atoms with van der Waals surface area (Å²) in [6, 6.07) is 13.7. The van der Waals surface area contributed by atoms with Crippen LogP contribution in [0.25, 0.3) is 0 Å². The molecule has 0 spiro atoms. The van der Waals surface area contributed by atoms with Gasteiger partial charge in [-0.05, 0) is 66.3 Å². The molecule has 0 aromatic heterocycles. The lowest BCUT2D eigenvalue weighted by Gasteiger charge is -2.20. The minimum absolute atomic E-state index is 0.245. The molecule has 3 rings (SSSR count). The summed E-state index contributed by atoms with van der Waals surface area (Å²) in [6.45, 7) is 3.11. The van der Waals surface area contributed by atoms with E-state index in [2.05, 4.69) is 80.5 Å². The normalized spacial score (nSPS) is 15.0. The molecule has 1 nitrogen and oxygen atoms in total. The van der Waals surface area contributed by atoms with Gasteiger partial charge in [-0.25, -0.2) is 0 Å². The fourth-order valence-corrected chi connectivity index (χ4v) is 4.47. The Balaban J connectivity index is 2.01. The third-order valence-corrected chi connectivity index (χ3v) is 5.00. The van der Waals surface area contributed by atoms with E-state index in [9.17, 15) is 0 Å². The van der Waals surface area contributed by atoms with E-state index in [1.807, 2.05) is 0 Å². The average Bonchev–Trinajstić information content (AvgIpc) is 2.91. The highest BCUT2D eigenvalue weighted by Crippen LogP contribution is 2.31. The van der Waals surface area contributed by atoms with Crippen molar-refractivity contribution >= 4 is 31.9 Å². The lowest BCUT2D eigenvalue weighted by atomic mass is 9.95. The second-order valence-corrected chi connectivity index (χ2v) is 7.41. The van der Waals surface area contributed by atoms with Crippen LogP contribution in [-0.2, 0) is 12.8 Å². The quantitative estimate of drug-likeness (QED) is 0.714. The smallest absolute Gasteiger partial charge is 0.0577 e. The molecule has 1 aliphatic rings. The summed E-state index contributed by atoms with van der Waals surface area (Å²) < 4.78 is 2.21. The van der Waals surface area contributed by atoms with Crippen LogP contribution in [0, 0.1) is 0 Å². The average molecular weight is 409 g/mol. The van der Waals surface area contributed by atoms with Crippen molar-refractivity contribution < 1.29 is 0 Å². The molecule has 0 bridgehead atoms. The van der Waals surface area contributed by atoms with Crippen LogP contribution in [0.1, 0.15) is 41.6 Å². The van der Waals surface area contributed by atoms with Crippen molar-refractivity contribution in [2.75, 3.05) is 6.54 Å². The van der Waals surface area contributed by atoms with E-state index in [0.29, 0.717) is 0 Å². The molecule has 0 saturated heterocycles. The Labute approximate surface area is 143 Å². The third kappa shape index (κ3) is 3.41. The van der Waals surface area contributed by atoms with Gasteiger partial charge in [0.1, 0.15) is 0 Å². The summed E-state index contributed by atoms with van der Waals surface area (Å²) in [6.07, 6.45) is 3.77. The van der Waals surface area contributed by atoms with Crippen molar-refractivity contribution in [1.82, 2.24) is 5.32 Å². The molecule has 1 aliphatic carbocycles. The number of benzene rings is 2. The van der Waals surface area contributed by atoms with E-state index in [1.165, 1.54) is 41.5 Å². The van der Waals surface area contributed by atoms with Crippen LogP contribution in [0.3, 0.4) is 0 Å². The molecule has 0 aliphatic heterocycles. The molecule has 0 radical (unpaired) electrons. The molecule has 2 aromatic rings. The second kappa shape index (κ2) is 6.64. The molecule has 3 heteroatoms. The van der Waals surface area contributed by atoms with Crippen LogP contribution in [0.4, 0.5) is 0 Å². The Morgan fingerprint density at radius 2 is 1.67 bits per heavy atom. The minimum atomic E-state index is 0.245. The van der Waals surface area contributed by atoms with Crippen molar-refractivity contribution in [2.45, 2.75) is 32.2 Å². The highest BCUT2D eigenvalue weighted by Gasteiger charge is 2.17. The van der Waals surface area contributed by atoms with E-state index in [4.69, 9.17) is 0 Å². The summed E-state index contributed by atoms with van der Waals surface area (Å²) in [5, 5.41) is 3.62. The van der Waals surface area contributed by atoms with Gasteiger partial charge in [-0.1, -0.05) is 57.0 Å². The largest absolute Gasteiger partial charge is 0.307 e. The second-order valence-electron chi connectivity index (χ2n) is 5.58. The van der Waals surface area contributed by atoms with E-state index >= 15 is 0 Å². The van der Waals surface area contributed by atoms with Gasteiger partial charge in [0.05, 0.1) is 6.04 Å². The Bertz CT molecular complexity index is 631. The van der Waals surface area contributed by atoms with Crippen LogP contribution in [0.15, 0.2) is 45.3 Å². The van der Waals surface area contributed by atoms with Crippen LogP contribution in [0.5, 0.6) is 0 Å². The highest BCUT2D eigenvalue weighted by atomic mass is 79.9. The van der Waals surface area contributed by atoms with Gasteiger partial charge in [0, 0.05) is 8.95 Å². The molecule has 0 amide bonds. The van der Waals surface area contributed by atoms with Crippen LogP contribution >= 0.6 is 31.9 Å². The molecule has 1 atom stereocenters. The lowest BCUT2D eigenvalue weighted by Crippen LogP contribution is -2.22. The molecule has 1 N–H and O–H groups in total. The number of hydrogen-bond acceptors (Lipinski definition) is 1. The molecule has 0 fully saturated rings. The molecule has 21 heavy (non-hydrogen) atoms. The SMILES string of the molecule is CCNC(c1cc(Br)cc(Br)c1)c1ccc2c(c1)CCC2. The molecular formula is C18H19Br2N. The Kier molecular flexibility index (Phi) is 4.82. The van der Waals surface area contributed by atoms with Crippen molar-refractivity contribution in [3.8, 4) is 0 Å². The molecular weight excluding hydrogens is 390 g/mol. The fourth-order valence-electron chi connectivity index (χ4n) is 3.15. The highest BCUT2D eigenvalue weighted by molar-refractivity contribution is 9.11. The Morgan fingerprint density at radius 3 is 2.38 bits per heavy atom. The summed E-state index contributed by atoms with van der Waals surface area (Å²) in [4.78, 5) is 0. The van der Waals surface area contributed by atoms with E-state index in [-0.39, 0.29) is 6.04 Å². The summed E-state index contributed by atoms with van der Waals surface area (Å²) in [5.74, 6) is 0. The number of fused-ring (bicyclic) bond motifs is 1. The number of hydrogen-bond donors (Lipinski definition) is 1. The first kappa shape index (κ1) is 15.3. The number of nitrogens with one attached hydrogen (secondary N) is 1. The van der Waals surface area contributed by atoms with E-state index < -0.39 is 0 Å². The van der Waals surface area contributed by atoms with Crippen LogP contribution < -0.4 is 5.32 Å². The van der Waals surface area contributed by atoms with Crippen molar-refractivity contribution in [1.29, 1.82) is 0 Å². The van der Waals surface area contributed by atoms with Crippen molar-refractivity contribution in [3.63, 3.8) is 0 Å².